The highest BCUT2D eigenvalue weighted by molar-refractivity contribution is 5.91. The number of benzene rings is 1. The molecule has 0 spiro atoms. The molecule has 0 aliphatic carbocycles. The Morgan fingerprint density at radius 1 is 1.37 bits per heavy atom. The number of aliphatic carboxylic acids is 1. The van der Waals surface area contributed by atoms with Gasteiger partial charge in [0.15, 0.2) is 0 Å². The Balaban J connectivity index is 1.81. The quantitative estimate of drug-likeness (QED) is 0.844. The minimum absolute atomic E-state index is 0.212. The molecule has 2 N–H and O–H groups in total. The topological polar surface area (TPSA) is 87.5 Å². The third-order valence-corrected chi connectivity index (χ3v) is 5.12. The number of aromatic nitrogens is 2. The predicted molar refractivity (Wildman–Crippen MR) is 103 cm³/mol. The number of amides is 2. The third-order valence-electron chi connectivity index (χ3n) is 5.12. The van der Waals surface area contributed by atoms with Crippen LogP contribution in [-0.4, -0.2) is 44.9 Å². The number of carbonyl (C=O) groups is 2. The normalized spacial score (nSPS) is 19.3. The lowest BCUT2D eigenvalue weighted by Gasteiger charge is -2.20. The molecule has 144 valence electrons. The third kappa shape index (κ3) is 3.82. The standard InChI is InChI=1S/C20H26N4O3/c1-4-6-17-16(12-21-24(17)15-8-5-7-14(2)11-15)22-19(27)23-10-9-20(3,13-23)18(25)26/h5,7-8,11-12H,4,6,9-10,13H2,1-3H3,(H,22,27)(H,25,26). The fraction of sp³-hybridized carbons (Fsp3) is 0.450. The number of urea groups is 1. The van der Waals surface area contributed by atoms with Crippen LogP contribution in [0.2, 0.25) is 0 Å². The van der Waals surface area contributed by atoms with Crippen molar-refractivity contribution in [3.8, 4) is 5.69 Å². The van der Waals surface area contributed by atoms with E-state index in [4.69, 9.17) is 0 Å². The molecule has 0 saturated carbocycles. The SMILES string of the molecule is CCCc1c(NC(=O)N2CCC(C)(C(=O)O)C2)cnn1-c1cccc(C)c1. The number of carboxylic acid groups (broad SMARTS) is 1. The van der Waals surface area contributed by atoms with E-state index >= 15 is 0 Å². The first kappa shape index (κ1) is 18.9. The van der Waals surface area contributed by atoms with Gasteiger partial charge in [-0.15, -0.1) is 0 Å². The van der Waals surface area contributed by atoms with Crippen LogP contribution in [0.5, 0.6) is 0 Å². The van der Waals surface area contributed by atoms with Gasteiger partial charge in [-0.25, -0.2) is 9.48 Å². The number of rotatable bonds is 5. The van der Waals surface area contributed by atoms with Crippen LogP contribution in [0.25, 0.3) is 5.69 Å². The number of likely N-dealkylation sites (tertiary alicyclic amines) is 1. The van der Waals surface area contributed by atoms with Crippen LogP contribution < -0.4 is 5.32 Å². The maximum absolute atomic E-state index is 12.7. The highest BCUT2D eigenvalue weighted by atomic mass is 16.4. The summed E-state index contributed by atoms with van der Waals surface area (Å²) in [4.78, 5) is 25.6. The van der Waals surface area contributed by atoms with Crippen LogP contribution in [0.4, 0.5) is 10.5 Å². The van der Waals surface area contributed by atoms with Gasteiger partial charge in [0, 0.05) is 13.1 Å². The molecule has 0 radical (unpaired) electrons. The van der Waals surface area contributed by atoms with Gasteiger partial charge in [0.1, 0.15) is 0 Å². The van der Waals surface area contributed by atoms with Gasteiger partial charge in [0.2, 0.25) is 0 Å². The molecule has 1 fully saturated rings. The maximum Gasteiger partial charge on any atom is 0.321 e. The molecule has 3 rings (SSSR count). The molecule has 1 unspecified atom stereocenters. The Morgan fingerprint density at radius 2 is 2.15 bits per heavy atom. The highest BCUT2D eigenvalue weighted by Gasteiger charge is 2.42. The Labute approximate surface area is 159 Å². The summed E-state index contributed by atoms with van der Waals surface area (Å²) in [5.41, 5.74) is 2.83. The molecule has 7 heteroatoms. The van der Waals surface area contributed by atoms with Crippen molar-refractivity contribution < 1.29 is 14.7 Å². The summed E-state index contributed by atoms with van der Waals surface area (Å²) in [6.07, 6.45) is 3.81. The molecule has 2 heterocycles. The van der Waals surface area contributed by atoms with Gasteiger partial charge >= 0.3 is 12.0 Å². The van der Waals surface area contributed by atoms with Gasteiger partial charge in [-0.3, -0.25) is 4.79 Å². The summed E-state index contributed by atoms with van der Waals surface area (Å²) in [7, 11) is 0. The number of aryl methyl sites for hydroxylation is 1. The first-order valence-corrected chi connectivity index (χ1v) is 9.27. The largest absolute Gasteiger partial charge is 0.481 e. The molecule has 7 nitrogen and oxygen atoms in total. The first-order valence-electron chi connectivity index (χ1n) is 9.27. The van der Waals surface area contributed by atoms with Gasteiger partial charge < -0.3 is 15.3 Å². The maximum atomic E-state index is 12.7. The number of carbonyl (C=O) groups excluding carboxylic acids is 1. The van der Waals surface area contributed by atoms with Gasteiger partial charge in [-0.2, -0.15) is 5.10 Å². The Bertz CT molecular complexity index is 861. The zero-order valence-corrected chi connectivity index (χ0v) is 16.0. The molecular weight excluding hydrogens is 344 g/mol. The molecule has 0 bridgehead atoms. The lowest BCUT2D eigenvalue weighted by atomic mass is 9.90. The monoisotopic (exact) mass is 370 g/mol. The first-order chi connectivity index (χ1) is 12.8. The summed E-state index contributed by atoms with van der Waals surface area (Å²) < 4.78 is 1.86. The molecule has 1 atom stereocenters. The van der Waals surface area contributed by atoms with Crippen LogP contribution in [0.3, 0.4) is 0 Å². The van der Waals surface area contributed by atoms with E-state index in [9.17, 15) is 14.7 Å². The second-order valence-electron chi connectivity index (χ2n) is 7.47. The van der Waals surface area contributed by atoms with Crippen molar-refractivity contribution in [1.29, 1.82) is 0 Å². The second-order valence-corrected chi connectivity index (χ2v) is 7.47. The Hall–Kier alpha value is -2.83. The lowest BCUT2D eigenvalue weighted by molar-refractivity contribution is -0.146. The number of anilines is 1. The Kier molecular flexibility index (Phi) is 5.21. The van der Waals surface area contributed by atoms with E-state index in [-0.39, 0.29) is 12.6 Å². The predicted octanol–water partition coefficient (Wildman–Crippen LogP) is 3.46. The fourth-order valence-corrected chi connectivity index (χ4v) is 3.44. The van der Waals surface area contributed by atoms with E-state index in [1.807, 2.05) is 29.8 Å². The molecule has 27 heavy (non-hydrogen) atoms. The van der Waals surface area contributed by atoms with Crippen LogP contribution in [-0.2, 0) is 11.2 Å². The van der Waals surface area contributed by atoms with E-state index in [1.165, 1.54) is 0 Å². The van der Waals surface area contributed by atoms with Crippen molar-refractivity contribution >= 4 is 17.7 Å². The lowest BCUT2D eigenvalue weighted by Crippen LogP contribution is -2.37. The smallest absolute Gasteiger partial charge is 0.321 e. The van der Waals surface area contributed by atoms with Gasteiger partial charge in [0.25, 0.3) is 0 Å². The minimum Gasteiger partial charge on any atom is -0.481 e. The summed E-state index contributed by atoms with van der Waals surface area (Å²) in [6, 6.07) is 7.78. The van der Waals surface area contributed by atoms with Crippen molar-refractivity contribution in [2.45, 2.75) is 40.0 Å². The van der Waals surface area contributed by atoms with Crippen LogP contribution in [0, 0.1) is 12.3 Å². The van der Waals surface area contributed by atoms with Crippen molar-refractivity contribution in [3.05, 3.63) is 41.7 Å². The number of nitrogens with zero attached hydrogens (tertiary/aromatic N) is 3. The molecule has 1 saturated heterocycles. The van der Waals surface area contributed by atoms with Crippen LogP contribution in [0.15, 0.2) is 30.5 Å². The van der Waals surface area contributed by atoms with E-state index in [0.717, 1.165) is 29.8 Å². The molecule has 2 amide bonds. The van der Waals surface area contributed by atoms with E-state index in [1.54, 1.807) is 18.0 Å². The number of nitrogens with one attached hydrogen (secondary N) is 1. The molecule has 2 aromatic rings. The van der Waals surface area contributed by atoms with E-state index < -0.39 is 11.4 Å². The highest BCUT2D eigenvalue weighted by Crippen LogP contribution is 2.31. The number of hydrogen-bond donors (Lipinski definition) is 2. The summed E-state index contributed by atoms with van der Waals surface area (Å²) in [5, 5.41) is 16.8. The molecule has 1 aliphatic rings. The summed E-state index contributed by atoms with van der Waals surface area (Å²) >= 11 is 0. The number of carboxylic acids is 1. The van der Waals surface area contributed by atoms with Gasteiger partial charge in [0.05, 0.1) is 28.7 Å². The zero-order valence-electron chi connectivity index (χ0n) is 16.0. The minimum atomic E-state index is -0.880. The summed E-state index contributed by atoms with van der Waals surface area (Å²) in [5.74, 6) is -0.864. The fourth-order valence-electron chi connectivity index (χ4n) is 3.44. The Morgan fingerprint density at radius 3 is 2.78 bits per heavy atom. The summed E-state index contributed by atoms with van der Waals surface area (Å²) in [6.45, 7) is 6.44. The van der Waals surface area contributed by atoms with E-state index in [0.29, 0.717) is 18.7 Å². The molecule has 1 aliphatic heterocycles. The molecular formula is C20H26N4O3. The van der Waals surface area contributed by atoms with Crippen molar-refractivity contribution in [3.63, 3.8) is 0 Å². The van der Waals surface area contributed by atoms with Crippen molar-refractivity contribution in [1.82, 2.24) is 14.7 Å². The molecule has 1 aromatic carbocycles. The van der Waals surface area contributed by atoms with Crippen molar-refractivity contribution in [2.75, 3.05) is 18.4 Å². The second kappa shape index (κ2) is 7.42. The van der Waals surface area contributed by atoms with Crippen molar-refractivity contribution in [2.24, 2.45) is 5.41 Å². The van der Waals surface area contributed by atoms with E-state index in [2.05, 4.69) is 23.4 Å². The average molecular weight is 370 g/mol. The van der Waals surface area contributed by atoms with Gasteiger partial charge in [-0.1, -0.05) is 25.5 Å². The zero-order chi connectivity index (χ0) is 19.6. The number of hydrogen-bond acceptors (Lipinski definition) is 3. The van der Waals surface area contributed by atoms with Crippen LogP contribution in [0.1, 0.15) is 37.9 Å². The average Bonchev–Trinajstić information content (AvgIpc) is 3.21. The van der Waals surface area contributed by atoms with Crippen LogP contribution >= 0.6 is 0 Å². The molecule has 1 aromatic heterocycles. The van der Waals surface area contributed by atoms with Gasteiger partial charge in [-0.05, 0) is 44.4 Å².